The highest BCUT2D eigenvalue weighted by Gasteiger charge is 2.27. The molecule has 0 aromatic heterocycles. The van der Waals surface area contributed by atoms with Crippen LogP contribution in [0.4, 0.5) is 0 Å². The second-order valence-corrected chi connectivity index (χ2v) is 12.4. The molecule has 2 rings (SSSR count). The first-order chi connectivity index (χ1) is 8.76. The van der Waals surface area contributed by atoms with Gasteiger partial charge in [-0.3, -0.25) is 0 Å². The molecule has 0 atom stereocenters. The fraction of sp³-hybridized carbons (Fsp3) is 0.429. The summed E-state index contributed by atoms with van der Waals surface area (Å²) >= 11 is 0. The Morgan fingerprint density at radius 2 is 1.95 bits per heavy atom. The maximum absolute atomic E-state index is 12.1. The van der Waals surface area contributed by atoms with Gasteiger partial charge in [-0.05, 0) is 31.0 Å². The average Bonchev–Trinajstić information content (AvgIpc) is 3.09. The number of hydrogen-bond acceptors (Lipinski definition) is 2. The third-order valence-corrected chi connectivity index (χ3v) is 5.02. The maximum Gasteiger partial charge on any atom is 0.240 e. The first-order valence-corrected chi connectivity index (χ1v) is 11.4. The van der Waals surface area contributed by atoms with Crippen molar-refractivity contribution in [3.05, 3.63) is 29.8 Å². The molecule has 0 radical (unpaired) electrons. The van der Waals surface area contributed by atoms with Gasteiger partial charge in [-0.2, -0.15) is 0 Å². The van der Waals surface area contributed by atoms with E-state index in [9.17, 15) is 8.42 Å². The van der Waals surface area contributed by atoms with E-state index in [1.807, 2.05) is 6.07 Å². The van der Waals surface area contributed by atoms with Crippen LogP contribution in [0, 0.1) is 11.5 Å². The lowest BCUT2D eigenvalue weighted by atomic mass is 10.2. The van der Waals surface area contributed by atoms with Gasteiger partial charge < -0.3 is 0 Å². The van der Waals surface area contributed by atoms with Gasteiger partial charge >= 0.3 is 0 Å². The number of nitrogens with one attached hydrogen (secondary N) is 1. The zero-order chi connectivity index (χ0) is 14.1. The predicted octanol–water partition coefficient (Wildman–Crippen LogP) is 2.36. The Morgan fingerprint density at radius 3 is 2.53 bits per heavy atom. The zero-order valence-corrected chi connectivity index (χ0v) is 13.3. The molecule has 0 unspecified atom stereocenters. The summed E-state index contributed by atoms with van der Waals surface area (Å²) < 4.78 is 26.8. The van der Waals surface area contributed by atoms with E-state index >= 15 is 0 Å². The van der Waals surface area contributed by atoms with E-state index in [2.05, 4.69) is 35.8 Å². The SMILES string of the molecule is C[Si](C)(C)C#Cc1cccc(S(=O)(=O)NC2CC2)c1. The summed E-state index contributed by atoms with van der Waals surface area (Å²) in [5, 5.41) is 0. The zero-order valence-electron chi connectivity index (χ0n) is 11.5. The lowest BCUT2D eigenvalue weighted by Gasteiger charge is -2.06. The first kappa shape index (κ1) is 14.3. The van der Waals surface area contributed by atoms with Crippen molar-refractivity contribution in [2.75, 3.05) is 0 Å². The Hall–Kier alpha value is -1.09. The van der Waals surface area contributed by atoms with E-state index in [-0.39, 0.29) is 6.04 Å². The summed E-state index contributed by atoms with van der Waals surface area (Å²) in [6.45, 7) is 6.49. The van der Waals surface area contributed by atoms with E-state index in [0.717, 1.165) is 18.4 Å². The summed E-state index contributed by atoms with van der Waals surface area (Å²) in [7, 11) is -4.83. The molecule has 1 fully saturated rings. The molecule has 3 nitrogen and oxygen atoms in total. The van der Waals surface area contributed by atoms with E-state index in [1.54, 1.807) is 18.2 Å². The minimum absolute atomic E-state index is 0.127. The van der Waals surface area contributed by atoms with Crippen LogP contribution < -0.4 is 4.72 Å². The molecule has 5 heteroatoms. The maximum atomic E-state index is 12.1. The summed E-state index contributed by atoms with van der Waals surface area (Å²) in [6.07, 6.45) is 1.88. The van der Waals surface area contributed by atoms with Crippen molar-refractivity contribution in [2.24, 2.45) is 0 Å². The van der Waals surface area contributed by atoms with Gasteiger partial charge in [0.15, 0.2) is 0 Å². The van der Waals surface area contributed by atoms with Crippen molar-refractivity contribution in [1.29, 1.82) is 0 Å². The molecular weight excluding hydrogens is 274 g/mol. The van der Waals surface area contributed by atoms with Gasteiger partial charge in [-0.1, -0.05) is 31.6 Å². The molecule has 0 aliphatic heterocycles. The molecule has 1 aliphatic rings. The third kappa shape index (κ3) is 4.50. The topological polar surface area (TPSA) is 46.2 Å². The number of sulfonamides is 1. The molecule has 0 spiro atoms. The smallest absolute Gasteiger partial charge is 0.208 e. The molecule has 19 heavy (non-hydrogen) atoms. The number of benzene rings is 1. The minimum Gasteiger partial charge on any atom is -0.208 e. The molecule has 1 aromatic carbocycles. The average molecular weight is 293 g/mol. The van der Waals surface area contributed by atoms with Crippen molar-refractivity contribution < 1.29 is 8.42 Å². The molecule has 1 N–H and O–H groups in total. The normalized spacial score (nSPS) is 15.7. The fourth-order valence-corrected chi connectivity index (χ4v) is 3.36. The van der Waals surface area contributed by atoms with E-state index in [4.69, 9.17) is 0 Å². The Labute approximate surface area is 116 Å². The Kier molecular flexibility index (Phi) is 3.86. The monoisotopic (exact) mass is 293 g/mol. The van der Waals surface area contributed by atoms with Crippen LogP contribution in [-0.2, 0) is 10.0 Å². The molecule has 1 saturated carbocycles. The standard InChI is InChI=1S/C14H19NO2SSi/c1-19(2,3)10-9-12-5-4-6-14(11-12)18(16,17)15-13-7-8-13/h4-6,11,13,15H,7-8H2,1-3H3. The highest BCUT2D eigenvalue weighted by Crippen LogP contribution is 2.22. The van der Waals surface area contributed by atoms with Crippen molar-refractivity contribution in [3.63, 3.8) is 0 Å². The Morgan fingerprint density at radius 1 is 1.26 bits per heavy atom. The number of hydrogen-bond donors (Lipinski definition) is 1. The van der Waals surface area contributed by atoms with Crippen molar-refractivity contribution in [3.8, 4) is 11.5 Å². The van der Waals surface area contributed by atoms with Crippen molar-refractivity contribution in [2.45, 2.75) is 43.4 Å². The third-order valence-electron chi connectivity index (χ3n) is 2.63. The highest BCUT2D eigenvalue weighted by atomic mass is 32.2. The summed E-state index contributed by atoms with van der Waals surface area (Å²) in [5.41, 5.74) is 4.01. The molecule has 0 heterocycles. The van der Waals surface area contributed by atoms with Gasteiger partial charge in [0.05, 0.1) is 4.90 Å². The summed E-state index contributed by atoms with van der Waals surface area (Å²) in [6, 6.07) is 6.99. The Bertz CT molecular complexity index is 631. The number of rotatable bonds is 3. The van der Waals surface area contributed by atoms with Crippen LogP contribution in [0.2, 0.25) is 19.6 Å². The molecule has 102 valence electrons. The molecular formula is C14H19NO2SSi. The summed E-state index contributed by atoms with van der Waals surface area (Å²) in [4.78, 5) is 0.307. The van der Waals surface area contributed by atoms with Crippen LogP contribution in [0.3, 0.4) is 0 Å². The van der Waals surface area contributed by atoms with Crippen LogP contribution in [0.15, 0.2) is 29.2 Å². The van der Waals surface area contributed by atoms with Crippen molar-refractivity contribution in [1.82, 2.24) is 4.72 Å². The predicted molar refractivity (Wildman–Crippen MR) is 80.0 cm³/mol. The van der Waals surface area contributed by atoms with E-state index in [0.29, 0.717) is 4.90 Å². The lowest BCUT2D eigenvalue weighted by Crippen LogP contribution is -2.25. The van der Waals surface area contributed by atoms with Crippen LogP contribution in [0.1, 0.15) is 18.4 Å². The first-order valence-electron chi connectivity index (χ1n) is 6.42. The minimum atomic E-state index is -3.38. The van der Waals surface area contributed by atoms with Gasteiger partial charge in [-0.15, -0.1) is 5.54 Å². The van der Waals surface area contributed by atoms with Crippen LogP contribution in [-0.4, -0.2) is 22.5 Å². The molecule has 0 bridgehead atoms. The van der Waals surface area contributed by atoms with Crippen molar-refractivity contribution >= 4 is 18.1 Å². The lowest BCUT2D eigenvalue weighted by molar-refractivity contribution is 0.581. The quantitative estimate of drug-likeness (QED) is 0.687. The molecule has 1 aromatic rings. The second kappa shape index (κ2) is 5.12. The van der Waals surface area contributed by atoms with E-state index < -0.39 is 18.1 Å². The fourth-order valence-electron chi connectivity index (χ4n) is 1.49. The van der Waals surface area contributed by atoms with Gasteiger partial charge in [0.2, 0.25) is 10.0 Å². The van der Waals surface area contributed by atoms with Crippen LogP contribution in [0.5, 0.6) is 0 Å². The second-order valence-electron chi connectivity index (χ2n) is 5.92. The van der Waals surface area contributed by atoms with Crippen LogP contribution in [0.25, 0.3) is 0 Å². The van der Waals surface area contributed by atoms with Gasteiger partial charge in [0.1, 0.15) is 8.07 Å². The molecule has 1 aliphatic carbocycles. The van der Waals surface area contributed by atoms with E-state index in [1.165, 1.54) is 0 Å². The molecule has 0 saturated heterocycles. The van der Waals surface area contributed by atoms with Gasteiger partial charge in [0.25, 0.3) is 0 Å². The summed E-state index contributed by atoms with van der Waals surface area (Å²) in [5.74, 6) is 3.09. The Balaban J connectivity index is 2.25. The molecule has 0 amide bonds. The highest BCUT2D eigenvalue weighted by molar-refractivity contribution is 7.89. The van der Waals surface area contributed by atoms with Gasteiger partial charge in [0, 0.05) is 11.6 Å². The van der Waals surface area contributed by atoms with Gasteiger partial charge in [-0.25, -0.2) is 13.1 Å². The largest absolute Gasteiger partial charge is 0.240 e. The van der Waals surface area contributed by atoms with Crippen LogP contribution >= 0.6 is 0 Å².